The average Bonchev–Trinajstić information content (AvgIpc) is 2.46. The van der Waals surface area contributed by atoms with Crippen LogP contribution in [0.25, 0.3) is 0 Å². The Balaban J connectivity index is 2.67. The van der Waals surface area contributed by atoms with Crippen LogP contribution in [-0.2, 0) is 14.3 Å². The van der Waals surface area contributed by atoms with Crippen molar-refractivity contribution in [3.8, 4) is 0 Å². The molecular weight excluding hydrogens is 230 g/mol. The van der Waals surface area contributed by atoms with Crippen molar-refractivity contribution in [3.05, 3.63) is 0 Å². The number of nitrogens with one attached hydrogen (secondary N) is 1. The monoisotopic (exact) mass is 255 g/mol. The number of carbonyl (C=O) groups is 2. The molecule has 1 aliphatic rings. The molecule has 0 unspecified atom stereocenters. The number of amides is 1. The van der Waals surface area contributed by atoms with E-state index in [1.165, 1.54) is 6.92 Å². The first-order valence-corrected chi connectivity index (χ1v) is 6.57. The van der Waals surface area contributed by atoms with Crippen molar-refractivity contribution in [1.82, 2.24) is 5.32 Å². The predicted molar refractivity (Wildman–Crippen MR) is 69.9 cm³/mol. The molecule has 1 amide bonds. The highest BCUT2D eigenvalue weighted by Crippen LogP contribution is 2.55. The third-order valence-corrected chi connectivity index (χ3v) is 4.84. The van der Waals surface area contributed by atoms with Gasteiger partial charge in [0.1, 0.15) is 0 Å². The van der Waals surface area contributed by atoms with Crippen molar-refractivity contribution in [1.29, 1.82) is 0 Å². The minimum Gasteiger partial charge on any atom is -0.466 e. The Hall–Kier alpha value is -1.06. The van der Waals surface area contributed by atoms with Crippen LogP contribution in [0, 0.1) is 16.7 Å². The minimum atomic E-state index is -0.221. The Morgan fingerprint density at radius 3 is 2.39 bits per heavy atom. The largest absolute Gasteiger partial charge is 0.466 e. The lowest BCUT2D eigenvalue weighted by molar-refractivity contribution is -0.143. The summed E-state index contributed by atoms with van der Waals surface area (Å²) in [5.41, 5.74) is 0.106. The fourth-order valence-electron chi connectivity index (χ4n) is 2.81. The number of carbonyl (C=O) groups excluding carboxylic acids is 2. The van der Waals surface area contributed by atoms with E-state index in [1.807, 2.05) is 0 Å². The zero-order chi connectivity index (χ0) is 14.0. The second kappa shape index (κ2) is 5.29. The summed E-state index contributed by atoms with van der Waals surface area (Å²) in [5.74, 6) is 0.150. The highest BCUT2D eigenvalue weighted by atomic mass is 16.5. The second-order valence-corrected chi connectivity index (χ2v) is 6.23. The van der Waals surface area contributed by atoms with Gasteiger partial charge >= 0.3 is 5.97 Å². The predicted octanol–water partition coefficient (Wildman–Crippen LogP) is 2.13. The molecule has 0 aromatic rings. The molecule has 1 saturated carbocycles. The van der Waals surface area contributed by atoms with Gasteiger partial charge in [0.15, 0.2) is 0 Å². The van der Waals surface area contributed by atoms with Gasteiger partial charge in [0, 0.05) is 20.4 Å². The van der Waals surface area contributed by atoms with E-state index in [9.17, 15) is 9.59 Å². The Kier molecular flexibility index (Phi) is 4.41. The van der Waals surface area contributed by atoms with Crippen molar-refractivity contribution in [2.75, 3.05) is 13.2 Å². The molecule has 0 aromatic heterocycles. The highest BCUT2D eigenvalue weighted by molar-refractivity contribution is 5.72. The first kappa shape index (κ1) is 15.0. The molecule has 0 bridgehead atoms. The summed E-state index contributed by atoms with van der Waals surface area (Å²) in [7, 11) is 0. The number of esters is 1. The summed E-state index contributed by atoms with van der Waals surface area (Å²) in [6, 6.07) is 0. The van der Waals surface area contributed by atoms with Crippen molar-refractivity contribution in [2.45, 2.75) is 47.5 Å². The lowest BCUT2D eigenvalue weighted by Crippen LogP contribution is -2.44. The summed E-state index contributed by atoms with van der Waals surface area (Å²) in [4.78, 5) is 22.0. The van der Waals surface area contributed by atoms with Gasteiger partial charge in [-0.2, -0.15) is 0 Å². The third kappa shape index (κ3) is 3.03. The molecular formula is C14H25NO3. The molecule has 4 nitrogen and oxygen atoms in total. The fourth-order valence-corrected chi connectivity index (χ4v) is 2.81. The number of rotatable bonds is 4. The molecule has 0 heterocycles. The van der Waals surface area contributed by atoms with Crippen molar-refractivity contribution in [2.24, 2.45) is 16.7 Å². The van der Waals surface area contributed by atoms with Gasteiger partial charge in [0.05, 0.1) is 6.61 Å². The van der Waals surface area contributed by atoms with Gasteiger partial charge in [-0.05, 0) is 29.6 Å². The van der Waals surface area contributed by atoms with E-state index in [0.717, 1.165) is 12.8 Å². The molecule has 104 valence electrons. The molecule has 2 atom stereocenters. The Morgan fingerprint density at radius 2 is 1.89 bits per heavy atom. The molecule has 1 aliphatic carbocycles. The van der Waals surface area contributed by atoms with Gasteiger partial charge in [-0.1, -0.05) is 20.8 Å². The molecule has 18 heavy (non-hydrogen) atoms. The lowest BCUT2D eigenvalue weighted by atomic mass is 9.66. The molecule has 0 saturated heterocycles. The quantitative estimate of drug-likeness (QED) is 0.783. The summed E-state index contributed by atoms with van der Waals surface area (Å²) < 4.78 is 5.15. The van der Waals surface area contributed by atoms with Gasteiger partial charge in [-0.3, -0.25) is 9.59 Å². The van der Waals surface area contributed by atoms with Crippen LogP contribution in [0.2, 0.25) is 0 Å². The van der Waals surface area contributed by atoms with E-state index in [4.69, 9.17) is 4.74 Å². The molecule has 1 fully saturated rings. The highest BCUT2D eigenvalue weighted by Gasteiger charge is 2.51. The number of hydrogen-bond acceptors (Lipinski definition) is 3. The first-order valence-electron chi connectivity index (χ1n) is 6.57. The fraction of sp³-hybridized carbons (Fsp3) is 0.857. The maximum atomic E-state index is 11.1. The molecule has 4 heteroatoms. The van der Waals surface area contributed by atoms with Gasteiger partial charge in [-0.15, -0.1) is 0 Å². The summed E-state index contributed by atoms with van der Waals surface area (Å²) in [6.07, 6.45) is 2.09. The summed E-state index contributed by atoms with van der Waals surface area (Å²) in [5, 5.41) is 2.92. The minimum absolute atomic E-state index is 0.00969. The summed E-state index contributed by atoms with van der Waals surface area (Å²) >= 11 is 0. The van der Waals surface area contributed by atoms with Crippen molar-refractivity contribution >= 4 is 11.9 Å². The molecule has 0 aliphatic heterocycles. The zero-order valence-electron chi connectivity index (χ0n) is 12.1. The van der Waals surface area contributed by atoms with E-state index < -0.39 is 0 Å². The van der Waals surface area contributed by atoms with Crippen LogP contribution in [0.1, 0.15) is 47.5 Å². The van der Waals surface area contributed by atoms with Crippen LogP contribution in [0.15, 0.2) is 0 Å². The van der Waals surface area contributed by atoms with Crippen LogP contribution in [0.3, 0.4) is 0 Å². The lowest BCUT2D eigenvalue weighted by Gasteiger charge is -2.41. The van der Waals surface area contributed by atoms with Crippen LogP contribution >= 0.6 is 0 Å². The van der Waals surface area contributed by atoms with E-state index in [-0.39, 0.29) is 22.7 Å². The summed E-state index contributed by atoms with van der Waals surface area (Å²) in [6.45, 7) is 10.8. The molecule has 0 spiro atoms. The van der Waals surface area contributed by atoms with Gasteiger partial charge < -0.3 is 10.1 Å². The van der Waals surface area contributed by atoms with E-state index in [1.54, 1.807) is 6.92 Å². The van der Waals surface area contributed by atoms with E-state index in [0.29, 0.717) is 19.1 Å². The van der Waals surface area contributed by atoms with Crippen molar-refractivity contribution in [3.63, 3.8) is 0 Å². The van der Waals surface area contributed by atoms with Gasteiger partial charge in [0.2, 0.25) is 5.91 Å². The van der Waals surface area contributed by atoms with E-state index >= 15 is 0 Å². The standard InChI is InChI=1S/C14H25NO3/c1-10(16)15-9-14(5)7-6-12(13(14,3)4)8-18-11(2)17/h12H,6-9H2,1-5H3,(H,15,16)/t12-,14+/m1/s1. The SMILES string of the molecule is CC(=O)NC[C@]1(C)CC[C@H](COC(C)=O)C1(C)C. The molecule has 0 radical (unpaired) electrons. The smallest absolute Gasteiger partial charge is 0.302 e. The van der Waals surface area contributed by atoms with Crippen LogP contribution < -0.4 is 5.32 Å². The topological polar surface area (TPSA) is 55.4 Å². The maximum Gasteiger partial charge on any atom is 0.302 e. The first-order chi connectivity index (χ1) is 8.19. The molecule has 0 aromatic carbocycles. The maximum absolute atomic E-state index is 11.1. The number of hydrogen-bond donors (Lipinski definition) is 1. The molecule has 1 rings (SSSR count). The van der Waals surface area contributed by atoms with Gasteiger partial charge in [-0.25, -0.2) is 0 Å². The normalized spacial score (nSPS) is 29.9. The Labute approximate surface area is 109 Å². The van der Waals surface area contributed by atoms with Crippen LogP contribution in [-0.4, -0.2) is 25.0 Å². The van der Waals surface area contributed by atoms with Gasteiger partial charge in [0.25, 0.3) is 0 Å². The Bertz CT molecular complexity index is 338. The molecule has 1 N–H and O–H groups in total. The third-order valence-electron chi connectivity index (χ3n) is 4.84. The zero-order valence-corrected chi connectivity index (χ0v) is 12.1. The van der Waals surface area contributed by atoms with Crippen LogP contribution in [0.4, 0.5) is 0 Å². The average molecular weight is 255 g/mol. The number of ether oxygens (including phenoxy) is 1. The van der Waals surface area contributed by atoms with E-state index in [2.05, 4.69) is 26.1 Å². The second-order valence-electron chi connectivity index (χ2n) is 6.23. The Morgan fingerprint density at radius 1 is 1.28 bits per heavy atom. The van der Waals surface area contributed by atoms with Crippen LogP contribution in [0.5, 0.6) is 0 Å². The van der Waals surface area contributed by atoms with Crippen molar-refractivity contribution < 1.29 is 14.3 Å².